The molecule has 2 aliphatic heterocycles. The van der Waals surface area contributed by atoms with Crippen LogP contribution in [0.15, 0.2) is 24.3 Å². The summed E-state index contributed by atoms with van der Waals surface area (Å²) in [6.45, 7) is 11.9. The normalized spacial score (nSPS) is 15.3. The van der Waals surface area contributed by atoms with Crippen LogP contribution in [0.2, 0.25) is 0 Å². The molecule has 0 bridgehead atoms. The summed E-state index contributed by atoms with van der Waals surface area (Å²) in [5.74, 6) is -0.00721. The van der Waals surface area contributed by atoms with Crippen molar-refractivity contribution < 1.29 is 14.3 Å². The Hall–Kier alpha value is -3.31. The summed E-state index contributed by atoms with van der Waals surface area (Å²) in [4.78, 5) is 32.7. The highest BCUT2D eigenvalue weighted by Gasteiger charge is 2.21. The summed E-state index contributed by atoms with van der Waals surface area (Å²) in [5, 5.41) is 11.2. The summed E-state index contributed by atoms with van der Waals surface area (Å²) in [5.41, 5.74) is 11.8. The van der Waals surface area contributed by atoms with Crippen LogP contribution in [0.3, 0.4) is 0 Å². The van der Waals surface area contributed by atoms with Crippen molar-refractivity contribution in [2.75, 3.05) is 49.6 Å². The molecule has 0 radical (unpaired) electrons. The van der Waals surface area contributed by atoms with Gasteiger partial charge in [0.1, 0.15) is 0 Å². The Morgan fingerprint density at radius 1 is 0.972 bits per heavy atom. The molecule has 0 atom stereocenters. The Morgan fingerprint density at radius 3 is 2.11 bits per heavy atom. The molecular weight excluding hydrogens is 460 g/mol. The summed E-state index contributed by atoms with van der Waals surface area (Å²) in [6.07, 6.45) is 3.33. The second kappa shape index (κ2) is 14.9. The van der Waals surface area contributed by atoms with Crippen LogP contribution >= 0.6 is 0 Å². The average molecular weight is 501 g/mol. The zero-order chi connectivity index (χ0) is 26.5. The van der Waals surface area contributed by atoms with Gasteiger partial charge in [0.15, 0.2) is 11.5 Å². The summed E-state index contributed by atoms with van der Waals surface area (Å²) in [7, 11) is 0. The van der Waals surface area contributed by atoms with E-state index in [9.17, 15) is 9.59 Å². The Kier molecular flexibility index (Phi) is 12.0. The minimum absolute atomic E-state index is 0.0239. The largest absolute Gasteiger partial charge is 0.378 e. The van der Waals surface area contributed by atoms with E-state index in [1.54, 1.807) is 29.2 Å². The van der Waals surface area contributed by atoms with Crippen molar-refractivity contribution in [3.05, 3.63) is 35.5 Å². The molecule has 0 aliphatic carbocycles. The van der Waals surface area contributed by atoms with Crippen LogP contribution in [0.25, 0.3) is 0 Å². The summed E-state index contributed by atoms with van der Waals surface area (Å²) in [6, 6.07) is 7.34. The topological polar surface area (TPSA) is 153 Å². The lowest BCUT2D eigenvalue weighted by atomic mass is 10.1. The molecule has 198 valence electrons. The lowest BCUT2D eigenvalue weighted by molar-refractivity contribution is 0.0303. The first-order chi connectivity index (χ1) is 17.3. The molecule has 0 unspecified atom stereocenters. The zero-order valence-electron chi connectivity index (χ0n) is 21.9. The predicted molar refractivity (Wildman–Crippen MR) is 142 cm³/mol. The number of aromatic nitrogens is 3. The lowest BCUT2D eigenvalue weighted by Gasteiger charge is -2.27. The summed E-state index contributed by atoms with van der Waals surface area (Å²) < 4.78 is 5.29. The number of nitrogens with one attached hydrogen (secondary N) is 1. The van der Waals surface area contributed by atoms with Gasteiger partial charge < -0.3 is 31.3 Å². The predicted octanol–water partition coefficient (Wildman–Crippen LogP) is 2.56. The molecule has 2 aromatic rings. The highest BCUT2D eigenvalue weighted by molar-refractivity contribution is 5.97. The first-order valence-corrected chi connectivity index (χ1v) is 12.6. The van der Waals surface area contributed by atoms with E-state index < -0.39 is 5.91 Å². The number of benzene rings is 1. The molecule has 5 N–H and O–H groups in total. The van der Waals surface area contributed by atoms with Crippen LogP contribution in [-0.2, 0) is 4.74 Å². The molecule has 1 aromatic heterocycles. The lowest BCUT2D eigenvalue weighted by Crippen LogP contribution is -2.40. The maximum atomic E-state index is 12.6. The SMILES string of the molecule is CC.CC(C)N.NC(=O)c1nnc(N2CCCCC2)nc1Nc1ccc(C(=O)N2CCOCC2)cc1. The fraction of sp³-hybridized carbons (Fsp3) is 0.560. The highest BCUT2D eigenvalue weighted by Crippen LogP contribution is 2.22. The molecule has 0 spiro atoms. The third-order valence-corrected chi connectivity index (χ3v) is 5.24. The maximum Gasteiger partial charge on any atom is 0.273 e. The van der Waals surface area contributed by atoms with E-state index in [0.29, 0.717) is 49.5 Å². The number of hydrogen-bond acceptors (Lipinski definition) is 9. The second-order valence-electron chi connectivity index (χ2n) is 8.57. The molecule has 11 heteroatoms. The van der Waals surface area contributed by atoms with Crippen molar-refractivity contribution in [1.29, 1.82) is 0 Å². The van der Waals surface area contributed by atoms with Gasteiger partial charge in [0.25, 0.3) is 11.8 Å². The van der Waals surface area contributed by atoms with Gasteiger partial charge in [-0.2, -0.15) is 4.98 Å². The van der Waals surface area contributed by atoms with Gasteiger partial charge in [-0.1, -0.05) is 27.7 Å². The Balaban J connectivity index is 0.000000694. The standard InChI is InChI=1S/C20H25N7O3.C3H9N.C2H6/c21-17(28)16-18(23-20(25-24-16)27-8-2-1-3-9-27)22-15-6-4-14(5-7-15)19(29)26-10-12-30-13-11-26;1-3(2)4;1-2/h4-7H,1-3,8-13H2,(H2,21,28)(H,22,23,25);3H,4H2,1-2H3;1-2H3. The number of carbonyl (C=O) groups is 2. The minimum Gasteiger partial charge on any atom is -0.378 e. The smallest absolute Gasteiger partial charge is 0.273 e. The van der Waals surface area contributed by atoms with Crippen molar-refractivity contribution in [2.24, 2.45) is 11.5 Å². The van der Waals surface area contributed by atoms with Crippen molar-refractivity contribution in [1.82, 2.24) is 20.1 Å². The second-order valence-corrected chi connectivity index (χ2v) is 8.57. The van der Waals surface area contributed by atoms with Gasteiger partial charge in [-0.15, -0.1) is 10.2 Å². The number of nitrogens with two attached hydrogens (primary N) is 2. The van der Waals surface area contributed by atoms with Gasteiger partial charge in [0, 0.05) is 37.4 Å². The average Bonchev–Trinajstić information content (AvgIpc) is 2.90. The van der Waals surface area contributed by atoms with Gasteiger partial charge in [-0.25, -0.2) is 0 Å². The fourth-order valence-electron chi connectivity index (χ4n) is 3.58. The van der Waals surface area contributed by atoms with E-state index in [0.717, 1.165) is 25.9 Å². The third-order valence-electron chi connectivity index (χ3n) is 5.24. The van der Waals surface area contributed by atoms with Gasteiger partial charge in [-0.05, 0) is 49.6 Å². The molecular formula is C25H40N8O3. The van der Waals surface area contributed by atoms with E-state index in [1.807, 2.05) is 27.7 Å². The summed E-state index contributed by atoms with van der Waals surface area (Å²) >= 11 is 0. The number of anilines is 3. The number of piperidine rings is 1. The molecule has 2 fully saturated rings. The molecule has 2 saturated heterocycles. The molecule has 1 aromatic carbocycles. The number of carbonyl (C=O) groups excluding carboxylic acids is 2. The molecule has 2 amide bonds. The number of rotatable bonds is 5. The quantitative estimate of drug-likeness (QED) is 0.562. The maximum absolute atomic E-state index is 12.6. The number of nitrogens with zero attached hydrogens (tertiary/aromatic N) is 5. The number of ether oxygens (including phenoxy) is 1. The highest BCUT2D eigenvalue weighted by atomic mass is 16.5. The van der Waals surface area contributed by atoms with Gasteiger partial charge in [0.2, 0.25) is 5.95 Å². The molecule has 11 nitrogen and oxygen atoms in total. The Morgan fingerprint density at radius 2 is 1.56 bits per heavy atom. The number of amides is 2. The molecule has 0 saturated carbocycles. The minimum atomic E-state index is -0.707. The van der Waals surface area contributed by atoms with E-state index in [2.05, 4.69) is 25.4 Å². The van der Waals surface area contributed by atoms with Crippen molar-refractivity contribution in [3.8, 4) is 0 Å². The van der Waals surface area contributed by atoms with E-state index in [4.69, 9.17) is 16.2 Å². The molecule has 4 rings (SSSR count). The van der Waals surface area contributed by atoms with Crippen molar-refractivity contribution in [3.63, 3.8) is 0 Å². The van der Waals surface area contributed by atoms with Crippen LogP contribution < -0.4 is 21.7 Å². The van der Waals surface area contributed by atoms with E-state index in [-0.39, 0.29) is 17.4 Å². The zero-order valence-corrected chi connectivity index (χ0v) is 21.9. The van der Waals surface area contributed by atoms with Crippen molar-refractivity contribution in [2.45, 2.75) is 53.0 Å². The fourth-order valence-corrected chi connectivity index (χ4v) is 3.58. The van der Waals surface area contributed by atoms with Gasteiger partial charge >= 0.3 is 0 Å². The third kappa shape index (κ3) is 8.72. The molecule has 3 heterocycles. The molecule has 2 aliphatic rings. The van der Waals surface area contributed by atoms with E-state index in [1.165, 1.54) is 6.42 Å². The van der Waals surface area contributed by atoms with Gasteiger partial charge in [0.05, 0.1) is 13.2 Å². The van der Waals surface area contributed by atoms with Crippen molar-refractivity contribution >= 4 is 29.3 Å². The van der Waals surface area contributed by atoms with Crippen LogP contribution in [0.5, 0.6) is 0 Å². The molecule has 36 heavy (non-hydrogen) atoms. The monoisotopic (exact) mass is 500 g/mol. The Bertz CT molecular complexity index is 954. The van der Waals surface area contributed by atoms with Gasteiger partial charge in [-0.3, -0.25) is 9.59 Å². The van der Waals surface area contributed by atoms with Crippen LogP contribution in [0, 0.1) is 0 Å². The number of primary amides is 1. The van der Waals surface area contributed by atoms with Crippen LogP contribution in [-0.4, -0.2) is 77.3 Å². The van der Waals surface area contributed by atoms with E-state index >= 15 is 0 Å². The number of morpholine rings is 1. The van der Waals surface area contributed by atoms with Crippen LogP contribution in [0.1, 0.15) is 67.8 Å². The first-order valence-electron chi connectivity index (χ1n) is 12.6. The Labute approximate surface area is 213 Å². The number of hydrogen-bond donors (Lipinski definition) is 3. The van der Waals surface area contributed by atoms with Crippen LogP contribution in [0.4, 0.5) is 17.5 Å². The first kappa shape index (κ1) is 28.9.